The van der Waals surface area contributed by atoms with Crippen molar-refractivity contribution >= 4 is 38.9 Å². The molecule has 2 rings (SSSR count). The second-order valence-corrected chi connectivity index (χ2v) is 6.61. The molecule has 0 spiro atoms. The Morgan fingerprint density at radius 1 is 1.15 bits per heavy atom. The van der Waals surface area contributed by atoms with Gasteiger partial charge in [-0.25, -0.2) is 13.4 Å². The van der Waals surface area contributed by atoms with Crippen LogP contribution < -0.4 is 5.73 Å². The molecule has 0 radical (unpaired) electrons. The summed E-state index contributed by atoms with van der Waals surface area (Å²) in [4.78, 5) is 14.6. The Labute approximate surface area is 125 Å². The number of halogens is 2. The number of hydrogen-bond acceptors (Lipinski definition) is 4. The van der Waals surface area contributed by atoms with Crippen LogP contribution in [0, 0.1) is 0 Å². The van der Waals surface area contributed by atoms with Crippen LogP contribution in [0.3, 0.4) is 0 Å². The van der Waals surface area contributed by atoms with E-state index in [1.165, 1.54) is 36.5 Å². The maximum absolute atomic E-state index is 12.5. The largest absolute Gasteiger partial charge is 0.364 e. The second-order valence-electron chi connectivity index (χ2n) is 3.82. The summed E-state index contributed by atoms with van der Waals surface area (Å²) in [6.07, 6.45) is 1.28. The van der Waals surface area contributed by atoms with Crippen LogP contribution in [-0.4, -0.2) is 19.3 Å². The molecule has 0 atom stereocenters. The van der Waals surface area contributed by atoms with Gasteiger partial charge in [-0.1, -0.05) is 23.2 Å². The van der Waals surface area contributed by atoms with Crippen LogP contribution in [0.1, 0.15) is 10.5 Å². The van der Waals surface area contributed by atoms with Crippen molar-refractivity contribution in [2.24, 2.45) is 5.73 Å². The first-order valence-corrected chi connectivity index (χ1v) is 7.52. The van der Waals surface area contributed by atoms with Gasteiger partial charge in [0.05, 0.1) is 4.90 Å². The Morgan fingerprint density at radius 3 is 2.30 bits per heavy atom. The molecule has 0 aliphatic heterocycles. The number of rotatable bonds is 3. The summed E-state index contributed by atoms with van der Waals surface area (Å²) in [7, 11) is -3.99. The molecule has 2 N–H and O–H groups in total. The minimum Gasteiger partial charge on any atom is -0.364 e. The maximum Gasteiger partial charge on any atom is 0.268 e. The Bertz CT molecular complexity index is 771. The molecule has 0 aliphatic carbocycles. The number of benzene rings is 1. The molecular weight excluding hydrogens is 323 g/mol. The van der Waals surface area contributed by atoms with Gasteiger partial charge in [0, 0.05) is 16.2 Å². The lowest BCUT2D eigenvalue weighted by Crippen LogP contribution is -2.18. The second kappa shape index (κ2) is 5.40. The lowest BCUT2D eigenvalue weighted by atomic mass is 10.3. The van der Waals surface area contributed by atoms with E-state index in [1.807, 2.05) is 0 Å². The fourth-order valence-electron chi connectivity index (χ4n) is 1.60. The molecule has 0 fully saturated rings. The zero-order valence-corrected chi connectivity index (χ0v) is 12.2. The average molecular weight is 331 g/mol. The summed E-state index contributed by atoms with van der Waals surface area (Å²) in [6.45, 7) is 0. The quantitative estimate of drug-likeness (QED) is 0.934. The molecule has 0 aliphatic rings. The number of carbonyl (C=O) groups is 1. The first-order chi connectivity index (χ1) is 9.32. The molecule has 1 amide bonds. The van der Waals surface area contributed by atoms with Crippen molar-refractivity contribution in [3.63, 3.8) is 0 Å². The normalized spacial score (nSPS) is 11.3. The van der Waals surface area contributed by atoms with E-state index in [0.29, 0.717) is 0 Å². The van der Waals surface area contributed by atoms with E-state index in [-0.39, 0.29) is 25.5 Å². The van der Waals surface area contributed by atoms with Gasteiger partial charge in [0.15, 0.2) is 0 Å². The monoisotopic (exact) mass is 330 g/mol. The van der Waals surface area contributed by atoms with Crippen molar-refractivity contribution in [1.82, 2.24) is 4.98 Å². The summed E-state index contributed by atoms with van der Waals surface area (Å²) in [5.41, 5.74) is 4.80. The highest BCUT2D eigenvalue weighted by molar-refractivity contribution is 7.91. The minimum absolute atomic E-state index is 0.134. The molecule has 0 saturated heterocycles. The lowest BCUT2D eigenvalue weighted by molar-refractivity contribution is 0.0992. The number of sulfone groups is 1. The summed E-state index contributed by atoms with van der Waals surface area (Å²) in [5, 5.41) is 0.334. The minimum atomic E-state index is -3.99. The zero-order valence-electron chi connectivity index (χ0n) is 9.88. The number of nitrogens with two attached hydrogens (primary N) is 1. The van der Waals surface area contributed by atoms with Gasteiger partial charge in [0.1, 0.15) is 10.6 Å². The third-order valence-corrected chi connectivity index (χ3v) is 4.64. The average Bonchev–Trinajstić information content (AvgIpc) is 2.37. The van der Waals surface area contributed by atoms with Crippen LogP contribution in [0.5, 0.6) is 0 Å². The molecule has 0 bridgehead atoms. The van der Waals surface area contributed by atoms with E-state index in [2.05, 4.69) is 4.98 Å². The van der Waals surface area contributed by atoms with Crippen LogP contribution in [0.15, 0.2) is 46.3 Å². The molecule has 20 heavy (non-hydrogen) atoms. The highest BCUT2D eigenvalue weighted by Crippen LogP contribution is 2.28. The predicted molar refractivity (Wildman–Crippen MR) is 74.7 cm³/mol. The topological polar surface area (TPSA) is 90.1 Å². The summed E-state index contributed by atoms with van der Waals surface area (Å²) in [6, 6.07) is 6.52. The van der Waals surface area contributed by atoms with Crippen molar-refractivity contribution in [2.45, 2.75) is 9.79 Å². The molecule has 0 saturated carbocycles. The first-order valence-electron chi connectivity index (χ1n) is 5.28. The van der Waals surface area contributed by atoms with Gasteiger partial charge in [-0.15, -0.1) is 0 Å². The highest BCUT2D eigenvalue weighted by Gasteiger charge is 2.25. The third-order valence-electron chi connectivity index (χ3n) is 2.44. The molecule has 1 aromatic heterocycles. The smallest absolute Gasteiger partial charge is 0.268 e. The fourth-order valence-corrected chi connectivity index (χ4v) is 3.74. The van der Waals surface area contributed by atoms with Crippen LogP contribution in [0.25, 0.3) is 0 Å². The fraction of sp³-hybridized carbons (Fsp3) is 0. The van der Waals surface area contributed by atoms with E-state index in [1.54, 1.807) is 0 Å². The molecule has 1 heterocycles. The summed E-state index contributed by atoms with van der Waals surface area (Å²) >= 11 is 11.6. The SMILES string of the molecule is NC(=O)c1ncccc1S(=O)(=O)c1cc(Cl)cc(Cl)c1. The predicted octanol–water partition coefficient (Wildman–Crippen LogP) is 2.32. The first kappa shape index (κ1) is 14.8. The van der Waals surface area contributed by atoms with E-state index in [0.717, 1.165) is 0 Å². The molecule has 5 nitrogen and oxygen atoms in total. The Hall–Kier alpha value is -1.63. The van der Waals surface area contributed by atoms with Crippen LogP contribution >= 0.6 is 23.2 Å². The third kappa shape index (κ3) is 2.77. The molecule has 0 unspecified atom stereocenters. The Kier molecular flexibility index (Phi) is 3.99. The van der Waals surface area contributed by atoms with Gasteiger partial charge >= 0.3 is 0 Å². The number of hydrogen-bond donors (Lipinski definition) is 1. The van der Waals surface area contributed by atoms with Gasteiger partial charge in [0.25, 0.3) is 5.91 Å². The van der Waals surface area contributed by atoms with E-state index >= 15 is 0 Å². The summed E-state index contributed by atoms with van der Waals surface area (Å²) < 4.78 is 25.0. The maximum atomic E-state index is 12.5. The van der Waals surface area contributed by atoms with Crippen LogP contribution in [-0.2, 0) is 9.84 Å². The summed E-state index contributed by atoms with van der Waals surface area (Å²) in [5.74, 6) is -0.933. The lowest BCUT2D eigenvalue weighted by Gasteiger charge is -2.08. The Balaban J connectivity index is 2.70. The van der Waals surface area contributed by atoms with Crippen molar-refractivity contribution < 1.29 is 13.2 Å². The van der Waals surface area contributed by atoms with E-state index in [4.69, 9.17) is 28.9 Å². The van der Waals surface area contributed by atoms with Crippen molar-refractivity contribution in [3.05, 3.63) is 52.3 Å². The van der Waals surface area contributed by atoms with Crippen molar-refractivity contribution in [3.8, 4) is 0 Å². The Morgan fingerprint density at radius 2 is 1.75 bits per heavy atom. The van der Waals surface area contributed by atoms with Crippen molar-refractivity contribution in [2.75, 3.05) is 0 Å². The zero-order chi connectivity index (χ0) is 14.9. The van der Waals surface area contributed by atoms with Gasteiger partial charge in [-0.3, -0.25) is 4.79 Å². The standard InChI is InChI=1S/C12H8Cl2N2O3S/c13-7-4-8(14)6-9(5-7)20(18,19)10-2-1-3-16-11(10)12(15)17/h1-6H,(H2,15,17). The molecule has 104 valence electrons. The number of carbonyl (C=O) groups excluding carboxylic acids is 1. The number of nitrogens with zero attached hydrogens (tertiary/aromatic N) is 1. The molecule has 2 aromatic rings. The highest BCUT2D eigenvalue weighted by atomic mass is 35.5. The number of pyridine rings is 1. The molecular formula is C12H8Cl2N2O3S. The van der Waals surface area contributed by atoms with E-state index < -0.39 is 15.7 Å². The molecule has 8 heteroatoms. The molecule has 1 aromatic carbocycles. The number of aromatic nitrogens is 1. The van der Waals surface area contributed by atoms with Crippen molar-refractivity contribution in [1.29, 1.82) is 0 Å². The van der Waals surface area contributed by atoms with Gasteiger partial charge in [0.2, 0.25) is 9.84 Å². The number of primary amides is 1. The van der Waals surface area contributed by atoms with Gasteiger partial charge in [-0.2, -0.15) is 0 Å². The van der Waals surface area contributed by atoms with Crippen LogP contribution in [0.4, 0.5) is 0 Å². The van der Waals surface area contributed by atoms with Crippen LogP contribution in [0.2, 0.25) is 10.0 Å². The van der Waals surface area contributed by atoms with Gasteiger partial charge < -0.3 is 5.73 Å². The van der Waals surface area contributed by atoms with E-state index in [9.17, 15) is 13.2 Å². The van der Waals surface area contributed by atoms with Gasteiger partial charge in [-0.05, 0) is 30.3 Å². The number of amides is 1.